The molecule has 0 unspecified atom stereocenters. The monoisotopic (exact) mass is 523 g/mol. The van der Waals surface area contributed by atoms with E-state index in [1.807, 2.05) is 20.8 Å². The van der Waals surface area contributed by atoms with Crippen LogP contribution in [0.25, 0.3) is 22.3 Å². The molecular formula is C28H34FN5O4. The molecule has 202 valence electrons. The maximum Gasteiger partial charge on any atom is 0.407 e. The number of halogens is 1. The van der Waals surface area contributed by atoms with Crippen LogP contribution in [0.5, 0.6) is 5.75 Å². The molecule has 2 aliphatic rings. The predicted octanol–water partition coefficient (Wildman–Crippen LogP) is 5.12. The van der Waals surface area contributed by atoms with Crippen LogP contribution in [0.3, 0.4) is 0 Å². The summed E-state index contributed by atoms with van der Waals surface area (Å²) in [7, 11) is 0. The van der Waals surface area contributed by atoms with Crippen LogP contribution < -0.4 is 15.4 Å². The van der Waals surface area contributed by atoms with Crippen LogP contribution in [0.4, 0.5) is 9.18 Å². The molecule has 2 aromatic heterocycles. The van der Waals surface area contributed by atoms with Gasteiger partial charge in [0.15, 0.2) is 0 Å². The Kier molecular flexibility index (Phi) is 7.23. The van der Waals surface area contributed by atoms with Crippen LogP contribution in [-0.2, 0) is 4.74 Å². The number of carbonyl (C=O) groups excluding carboxylic acids is 2. The third-order valence-electron chi connectivity index (χ3n) is 6.86. The fourth-order valence-corrected chi connectivity index (χ4v) is 4.74. The average Bonchev–Trinajstić information content (AvgIpc) is 3.58. The molecule has 9 nitrogen and oxygen atoms in total. The zero-order chi connectivity index (χ0) is 26.9. The highest BCUT2D eigenvalue weighted by Gasteiger charge is 2.27. The van der Waals surface area contributed by atoms with Gasteiger partial charge in [-0.1, -0.05) is 0 Å². The van der Waals surface area contributed by atoms with Crippen LogP contribution in [0.2, 0.25) is 0 Å². The van der Waals surface area contributed by atoms with E-state index in [1.165, 1.54) is 18.5 Å². The molecule has 2 fully saturated rings. The lowest BCUT2D eigenvalue weighted by molar-refractivity contribution is 0.0488. The topological polar surface area (TPSA) is 118 Å². The number of nitrogens with one attached hydrogen (secondary N) is 3. The van der Waals surface area contributed by atoms with Gasteiger partial charge >= 0.3 is 6.09 Å². The van der Waals surface area contributed by atoms with Gasteiger partial charge in [0.2, 0.25) is 0 Å². The third kappa shape index (κ3) is 6.23. The minimum atomic E-state index is -0.542. The quantitative estimate of drug-likeness (QED) is 0.396. The largest absolute Gasteiger partial charge is 0.492 e. The van der Waals surface area contributed by atoms with E-state index in [9.17, 15) is 14.0 Å². The Labute approximate surface area is 220 Å². The lowest BCUT2D eigenvalue weighted by atomic mass is 9.91. The predicted molar refractivity (Wildman–Crippen MR) is 140 cm³/mol. The molecule has 10 heteroatoms. The number of fused-ring (bicyclic) bond motifs is 1. The minimum Gasteiger partial charge on any atom is -0.492 e. The minimum absolute atomic E-state index is 0.00929. The maximum atomic E-state index is 14.0. The number of nitrogens with zero attached hydrogens (tertiary/aromatic N) is 2. The van der Waals surface area contributed by atoms with E-state index in [0.29, 0.717) is 46.1 Å². The standard InChI is InChI=1S/C28H34FN5O4/c1-28(2,3)38-27(36)34-19-9-7-18(8-10-19)33-26(35)21-13-30-25-23(31-15-32-24(21)25)20-11-6-17(29)12-22(20)37-14-16-4-5-16/h6,11-13,15-16,18-19,30H,4-5,7-10,14H2,1-3H3,(H,33,35)(H,34,36)/t18-,19+. The van der Waals surface area contributed by atoms with Crippen LogP contribution >= 0.6 is 0 Å². The number of alkyl carbamates (subject to hydrolysis) is 1. The number of benzene rings is 1. The maximum absolute atomic E-state index is 14.0. The Bertz CT molecular complexity index is 1320. The molecule has 0 radical (unpaired) electrons. The number of ether oxygens (including phenoxy) is 2. The van der Waals surface area contributed by atoms with Gasteiger partial charge in [-0.25, -0.2) is 19.2 Å². The zero-order valence-electron chi connectivity index (χ0n) is 22.0. The molecule has 0 aliphatic heterocycles. The van der Waals surface area contributed by atoms with Gasteiger partial charge in [0, 0.05) is 29.9 Å². The van der Waals surface area contributed by atoms with Crippen molar-refractivity contribution < 1.29 is 23.5 Å². The summed E-state index contributed by atoms with van der Waals surface area (Å²) in [5.41, 5.74) is 2.15. The molecule has 3 N–H and O–H groups in total. The highest BCUT2D eigenvalue weighted by atomic mass is 19.1. The Morgan fingerprint density at radius 3 is 2.45 bits per heavy atom. The third-order valence-corrected chi connectivity index (χ3v) is 6.86. The van der Waals surface area contributed by atoms with Gasteiger partial charge in [-0.05, 0) is 77.3 Å². The first-order chi connectivity index (χ1) is 18.2. The molecule has 0 saturated heterocycles. The Hall–Kier alpha value is -3.69. The number of aromatic nitrogens is 3. The summed E-state index contributed by atoms with van der Waals surface area (Å²) in [6, 6.07) is 4.40. The van der Waals surface area contributed by atoms with Crippen LogP contribution in [-0.4, -0.2) is 51.2 Å². The Balaban J connectivity index is 1.26. The molecule has 2 heterocycles. The van der Waals surface area contributed by atoms with E-state index in [-0.39, 0.29) is 23.8 Å². The normalized spacial score (nSPS) is 19.7. The number of carbonyl (C=O) groups is 2. The molecule has 0 bridgehead atoms. The van der Waals surface area contributed by atoms with Crippen LogP contribution in [0, 0.1) is 11.7 Å². The van der Waals surface area contributed by atoms with Crippen molar-refractivity contribution in [3.63, 3.8) is 0 Å². The van der Waals surface area contributed by atoms with Crippen molar-refractivity contribution in [1.29, 1.82) is 0 Å². The van der Waals surface area contributed by atoms with Crippen LogP contribution in [0.1, 0.15) is 69.7 Å². The van der Waals surface area contributed by atoms with Crippen LogP contribution in [0.15, 0.2) is 30.7 Å². The van der Waals surface area contributed by atoms with Crippen molar-refractivity contribution in [3.8, 4) is 17.0 Å². The van der Waals surface area contributed by atoms with E-state index in [0.717, 1.165) is 38.5 Å². The highest BCUT2D eigenvalue weighted by molar-refractivity contribution is 6.07. The van der Waals surface area contributed by atoms with Gasteiger partial charge in [0.1, 0.15) is 34.7 Å². The first-order valence-electron chi connectivity index (χ1n) is 13.2. The van der Waals surface area contributed by atoms with E-state index in [1.54, 1.807) is 12.3 Å². The Morgan fingerprint density at radius 1 is 1.05 bits per heavy atom. The molecule has 3 aromatic rings. The zero-order valence-corrected chi connectivity index (χ0v) is 22.0. The number of hydrogen-bond acceptors (Lipinski definition) is 6. The van der Waals surface area contributed by atoms with Crippen molar-refractivity contribution in [2.24, 2.45) is 5.92 Å². The van der Waals surface area contributed by atoms with E-state index in [4.69, 9.17) is 9.47 Å². The Morgan fingerprint density at radius 2 is 1.76 bits per heavy atom. The molecule has 2 amide bonds. The fourth-order valence-electron chi connectivity index (χ4n) is 4.74. The summed E-state index contributed by atoms with van der Waals surface area (Å²) in [6.45, 7) is 6.04. The molecule has 5 rings (SSSR count). The van der Waals surface area contributed by atoms with Crippen molar-refractivity contribution in [2.75, 3.05) is 6.61 Å². The van der Waals surface area contributed by atoms with Gasteiger partial charge in [0.25, 0.3) is 5.91 Å². The summed E-state index contributed by atoms with van der Waals surface area (Å²) in [5, 5.41) is 6.03. The molecule has 2 saturated carbocycles. The SMILES string of the molecule is CC(C)(C)OC(=O)N[C@H]1CC[C@@H](NC(=O)c2c[nH]c3c(-c4ccc(F)cc4OCC4CC4)ncnc23)CC1. The number of H-pyrrole nitrogens is 1. The number of amides is 2. The van der Waals surface area contributed by atoms with Gasteiger partial charge in [0.05, 0.1) is 17.7 Å². The molecule has 0 spiro atoms. The fraction of sp³-hybridized carbons (Fsp3) is 0.500. The molecule has 1 aromatic carbocycles. The first-order valence-corrected chi connectivity index (χ1v) is 13.2. The van der Waals surface area contributed by atoms with Gasteiger partial charge in [-0.2, -0.15) is 0 Å². The van der Waals surface area contributed by atoms with Crippen molar-refractivity contribution in [2.45, 2.75) is 77.0 Å². The molecule has 0 atom stereocenters. The second kappa shape index (κ2) is 10.6. The summed E-state index contributed by atoms with van der Waals surface area (Å²) < 4.78 is 25.3. The van der Waals surface area contributed by atoms with E-state index < -0.39 is 11.7 Å². The summed E-state index contributed by atoms with van der Waals surface area (Å²) in [6.07, 6.45) is 7.85. The van der Waals surface area contributed by atoms with Gasteiger partial charge in [-0.15, -0.1) is 0 Å². The number of rotatable bonds is 7. The molecule has 2 aliphatic carbocycles. The van der Waals surface area contributed by atoms with Gasteiger partial charge in [-0.3, -0.25) is 4.79 Å². The first kappa shape index (κ1) is 25.9. The van der Waals surface area contributed by atoms with Crippen molar-refractivity contribution >= 4 is 23.0 Å². The smallest absolute Gasteiger partial charge is 0.407 e. The molecule has 38 heavy (non-hydrogen) atoms. The average molecular weight is 524 g/mol. The lowest BCUT2D eigenvalue weighted by Crippen LogP contribution is -2.45. The lowest BCUT2D eigenvalue weighted by Gasteiger charge is -2.30. The van der Waals surface area contributed by atoms with E-state index >= 15 is 0 Å². The number of aromatic amines is 1. The molecular weight excluding hydrogens is 489 g/mol. The summed E-state index contributed by atoms with van der Waals surface area (Å²) in [5.74, 6) is 0.330. The summed E-state index contributed by atoms with van der Waals surface area (Å²) >= 11 is 0. The number of hydrogen-bond donors (Lipinski definition) is 3. The van der Waals surface area contributed by atoms with E-state index in [2.05, 4.69) is 25.6 Å². The highest BCUT2D eigenvalue weighted by Crippen LogP contribution is 2.36. The van der Waals surface area contributed by atoms with Gasteiger partial charge < -0.3 is 25.1 Å². The van der Waals surface area contributed by atoms with Crippen molar-refractivity contribution in [1.82, 2.24) is 25.6 Å². The van der Waals surface area contributed by atoms with Crippen molar-refractivity contribution in [3.05, 3.63) is 42.1 Å². The second-order valence-corrected chi connectivity index (χ2v) is 11.2. The second-order valence-electron chi connectivity index (χ2n) is 11.2. The summed E-state index contributed by atoms with van der Waals surface area (Å²) in [4.78, 5) is 37.2.